The van der Waals surface area contributed by atoms with Gasteiger partial charge in [-0.2, -0.15) is 0 Å². The summed E-state index contributed by atoms with van der Waals surface area (Å²) in [5.74, 6) is 0. The summed E-state index contributed by atoms with van der Waals surface area (Å²) in [6.07, 6.45) is 0. The first-order valence-electron chi connectivity index (χ1n) is 3.80. The van der Waals surface area contributed by atoms with Gasteiger partial charge in [-0.05, 0) is 18.5 Å². The minimum absolute atomic E-state index is 0. The van der Waals surface area contributed by atoms with Crippen molar-refractivity contribution in [1.29, 1.82) is 0 Å². The summed E-state index contributed by atoms with van der Waals surface area (Å²) >= 11 is 0. The van der Waals surface area contributed by atoms with Gasteiger partial charge in [0, 0.05) is 10.6 Å². The summed E-state index contributed by atoms with van der Waals surface area (Å²) < 4.78 is 36.9. The Hall–Kier alpha value is 0.0213. The quantitative estimate of drug-likeness (QED) is 0.302. The van der Waals surface area contributed by atoms with Crippen molar-refractivity contribution in [2.45, 2.75) is 6.92 Å². The van der Waals surface area contributed by atoms with E-state index in [-0.39, 0.29) is 57.1 Å². The molecule has 15 heavy (non-hydrogen) atoms. The summed E-state index contributed by atoms with van der Waals surface area (Å²) in [4.78, 5) is 2.43. The van der Waals surface area contributed by atoms with Crippen molar-refractivity contribution < 1.29 is 64.3 Å². The topological polar surface area (TPSA) is 48.8 Å². The molecule has 0 aliphatic rings. The number of nitrogens with zero attached hydrogens (tertiary/aromatic N) is 3. The molecule has 0 saturated heterocycles. The molecule has 0 unspecified atom stereocenters. The fraction of sp³-hybridized carbons (Fsp3) is 0.143. The monoisotopic (exact) mass is 239 g/mol. The Kier molecular flexibility index (Phi) is 5.94. The number of hydrogen-bond donors (Lipinski definition) is 0. The Labute approximate surface area is 127 Å². The number of azide groups is 1. The van der Waals surface area contributed by atoms with Crippen molar-refractivity contribution in [2.75, 3.05) is 0 Å². The summed E-state index contributed by atoms with van der Waals surface area (Å²) in [5, 5.41) is 3.13. The van der Waals surface area contributed by atoms with Crippen LogP contribution in [-0.2, 0) is 0 Å². The van der Waals surface area contributed by atoms with Crippen LogP contribution in [0.25, 0.3) is 10.4 Å². The van der Waals surface area contributed by atoms with Gasteiger partial charge in [-0.25, -0.2) is 0 Å². The molecule has 0 saturated carbocycles. The molecule has 0 fully saturated rings. The van der Waals surface area contributed by atoms with Gasteiger partial charge in [-0.1, -0.05) is 22.8 Å². The molecule has 0 heterocycles. The van der Waals surface area contributed by atoms with E-state index in [1.807, 2.05) is 0 Å². The number of rotatable bonds is 2. The van der Waals surface area contributed by atoms with E-state index in [9.17, 15) is 12.9 Å². The number of halogens is 3. The Morgan fingerprint density at radius 1 is 1.27 bits per heavy atom. The minimum atomic E-state index is -5.04. The fourth-order valence-corrected chi connectivity index (χ4v) is 1.09. The van der Waals surface area contributed by atoms with Crippen molar-refractivity contribution in [1.82, 2.24) is 0 Å². The third kappa shape index (κ3) is 4.59. The smallest absolute Gasteiger partial charge is 0.445 e. The normalized spacial score (nSPS) is 10.1. The van der Waals surface area contributed by atoms with Crippen LogP contribution in [0.5, 0.6) is 0 Å². The number of aryl methyl sites for hydroxylation is 1. The molecule has 0 N–H and O–H groups in total. The largest absolute Gasteiger partial charge is 1.00 e. The third-order valence-corrected chi connectivity index (χ3v) is 1.62. The van der Waals surface area contributed by atoms with Crippen LogP contribution in [0.4, 0.5) is 18.6 Å². The molecular formula is C7H6BF3KN3. The van der Waals surface area contributed by atoms with Crippen molar-refractivity contribution in [3.8, 4) is 0 Å². The Balaban J connectivity index is 0.00000196. The standard InChI is InChI=1S/C7H6BF3N3.K/c1-5-2-6(8(9,10)11)4-7(3-5)13-14-12;/h2-4H,1H3;/q-1;+1. The van der Waals surface area contributed by atoms with E-state index in [2.05, 4.69) is 10.0 Å². The molecule has 0 bridgehead atoms. The summed E-state index contributed by atoms with van der Waals surface area (Å²) in [5.41, 5.74) is 7.75. The number of hydrogen-bond acceptors (Lipinski definition) is 1. The molecule has 0 aromatic heterocycles. The molecule has 1 aromatic carbocycles. The molecule has 0 atom stereocenters. The summed E-state index contributed by atoms with van der Waals surface area (Å²) in [6.45, 7) is -3.52. The van der Waals surface area contributed by atoms with Crippen LogP contribution in [-0.4, -0.2) is 6.98 Å². The van der Waals surface area contributed by atoms with Crippen LogP contribution < -0.4 is 56.8 Å². The fourth-order valence-electron chi connectivity index (χ4n) is 1.09. The Bertz CT molecular complexity index is 401. The first kappa shape index (κ1) is 15.0. The predicted octanol–water partition coefficient (Wildman–Crippen LogP) is -0.00478. The summed E-state index contributed by atoms with van der Waals surface area (Å²) in [7, 11) is 0. The second kappa shape index (κ2) is 5.93. The molecule has 0 radical (unpaired) electrons. The van der Waals surface area contributed by atoms with Gasteiger partial charge >= 0.3 is 58.4 Å². The van der Waals surface area contributed by atoms with Crippen molar-refractivity contribution in [3.05, 3.63) is 34.2 Å². The van der Waals surface area contributed by atoms with Crippen LogP contribution in [0, 0.1) is 6.92 Å². The third-order valence-electron chi connectivity index (χ3n) is 1.62. The van der Waals surface area contributed by atoms with Crippen molar-refractivity contribution >= 4 is 18.1 Å². The Morgan fingerprint density at radius 3 is 2.33 bits per heavy atom. The van der Waals surface area contributed by atoms with Gasteiger partial charge in [0.15, 0.2) is 0 Å². The van der Waals surface area contributed by atoms with Gasteiger partial charge in [-0.15, -0.1) is 5.46 Å². The molecule has 8 heteroatoms. The van der Waals surface area contributed by atoms with E-state index in [1.165, 1.54) is 13.0 Å². The molecule has 1 aromatic rings. The zero-order chi connectivity index (χ0) is 10.8. The van der Waals surface area contributed by atoms with Gasteiger partial charge in [0.25, 0.3) is 0 Å². The second-order valence-electron chi connectivity index (χ2n) is 2.87. The van der Waals surface area contributed by atoms with E-state index < -0.39 is 12.4 Å². The minimum Gasteiger partial charge on any atom is -0.445 e. The van der Waals surface area contributed by atoms with Gasteiger partial charge in [0.2, 0.25) is 0 Å². The maximum Gasteiger partial charge on any atom is 1.00 e. The molecule has 0 aliphatic carbocycles. The predicted molar refractivity (Wildman–Crippen MR) is 48.7 cm³/mol. The average Bonchev–Trinajstić information content (AvgIpc) is 2.02. The summed E-state index contributed by atoms with van der Waals surface area (Å²) in [6, 6.07) is 3.26. The SMILES string of the molecule is Cc1cc(N=[N+]=[N-])cc([B-](F)(F)F)c1.[K+]. The van der Waals surface area contributed by atoms with E-state index in [0.717, 1.165) is 12.1 Å². The van der Waals surface area contributed by atoms with E-state index in [4.69, 9.17) is 5.53 Å². The molecule has 3 nitrogen and oxygen atoms in total. The van der Waals surface area contributed by atoms with Gasteiger partial charge in [0.1, 0.15) is 0 Å². The van der Waals surface area contributed by atoms with Crippen molar-refractivity contribution in [3.63, 3.8) is 0 Å². The number of benzene rings is 1. The van der Waals surface area contributed by atoms with Gasteiger partial charge < -0.3 is 12.9 Å². The van der Waals surface area contributed by atoms with Gasteiger partial charge in [-0.3, -0.25) is 0 Å². The van der Waals surface area contributed by atoms with Crippen LogP contribution in [0.3, 0.4) is 0 Å². The maximum absolute atomic E-state index is 12.3. The molecular weight excluding hydrogens is 233 g/mol. The van der Waals surface area contributed by atoms with Crippen LogP contribution in [0.15, 0.2) is 23.3 Å². The zero-order valence-electron chi connectivity index (χ0n) is 8.28. The van der Waals surface area contributed by atoms with Crippen LogP contribution in [0.1, 0.15) is 5.56 Å². The van der Waals surface area contributed by atoms with E-state index >= 15 is 0 Å². The Morgan fingerprint density at radius 2 is 1.87 bits per heavy atom. The molecule has 1 rings (SSSR count). The molecule has 0 amide bonds. The van der Waals surface area contributed by atoms with E-state index in [0.29, 0.717) is 5.56 Å². The molecule has 0 aliphatic heterocycles. The average molecular weight is 239 g/mol. The van der Waals surface area contributed by atoms with Gasteiger partial charge in [0.05, 0.1) is 0 Å². The maximum atomic E-state index is 12.3. The van der Waals surface area contributed by atoms with Crippen LogP contribution in [0.2, 0.25) is 0 Å². The van der Waals surface area contributed by atoms with E-state index in [1.54, 1.807) is 0 Å². The first-order valence-corrected chi connectivity index (χ1v) is 3.80. The molecule has 74 valence electrons. The molecule has 0 spiro atoms. The first-order chi connectivity index (χ1) is 6.43. The van der Waals surface area contributed by atoms with Crippen LogP contribution >= 0.6 is 0 Å². The zero-order valence-corrected chi connectivity index (χ0v) is 11.4. The van der Waals surface area contributed by atoms with Crippen molar-refractivity contribution in [2.24, 2.45) is 5.11 Å². The second-order valence-corrected chi connectivity index (χ2v) is 2.87.